The van der Waals surface area contributed by atoms with Gasteiger partial charge in [0.15, 0.2) is 0 Å². The number of para-hydroxylation sites is 1. The van der Waals surface area contributed by atoms with Crippen molar-refractivity contribution in [3.8, 4) is 0 Å². The van der Waals surface area contributed by atoms with Crippen molar-refractivity contribution < 1.29 is 4.79 Å². The van der Waals surface area contributed by atoms with Crippen LogP contribution in [0.15, 0.2) is 48.5 Å². The van der Waals surface area contributed by atoms with E-state index in [2.05, 4.69) is 40.6 Å². The molecule has 0 spiro atoms. The number of rotatable bonds is 5. The largest absolute Gasteiger partial charge is 0.349 e. The van der Waals surface area contributed by atoms with E-state index in [0.29, 0.717) is 6.42 Å². The van der Waals surface area contributed by atoms with Crippen LogP contribution < -0.4 is 5.32 Å². The molecule has 3 aromatic rings. The van der Waals surface area contributed by atoms with Crippen LogP contribution in [0.5, 0.6) is 0 Å². The Labute approximate surface area is 145 Å². The number of thiazole rings is 1. The Kier molecular flexibility index (Phi) is 4.30. The molecular weight excluding hydrogens is 316 g/mol. The number of hydrogen-bond donors (Lipinski definition) is 1. The Hall–Kier alpha value is -2.20. The Morgan fingerprint density at radius 3 is 2.92 bits per heavy atom. The number of aryl methyl sites for hydroxylation is 2. The molecule has 1 atom stereocenters. The lowest BCUT2D eigenvalue weighted by molar-refractivity contribution is -0.121. The van der Waals surface area contributed by atoms with E-state index < -0.39 is 0 Å². The fourth-order valence-electron chi connectivity index (χ4n) is 3.40. The van der Waals surface area contributed by atoms with Gasteiger partial charge in [-0.3, -0.25) is 4.79 Å². The minimum absolute atomic E-state index is 0.151. The second-order valence-corrected chi connectivity index (χ2v) is 7.40. The topological polar surface area (TPSA) is 42.0 Å². The minimum atomic E-state index is 0.151. The zero-order valence-corrected chi connectivity index (χ0v) is 14.3. The summed E-state index contributed by atoms with van der Waals surface area (Å²) in [5, 5.41) is 4.31. The number of nitrogens with one attached hydrogen (secondary N) is 1. The standard InChI is InChI=1S/C20H20N2OS/c23-19(21-16-13-12-14-6-1-2-7-15(14)16)10-5-11-20-22-17-8-3-4-9-18(17)24-20/h1-4,6-9,16H,5,10-13H2,(H,21,23). The van der Waals surface area contributed by atoms with Crippen molar-refractivity contribution in [1.82, 2.24) is 10.3 Å². The number of amides is 1. The zero-order chi connectivity index (χ0) is 16.4. The highest BCUT2D eigenvalue weighted by molar-refractivity contribution is 7.18. The number of nitrogens with zero attached hydrogens (tertiary/aromatic N) is 1. The van der Waals surface area contributed by atoms with E-state index in [1.54, 1.807) is 11.3 Å². The van der Waals surface area contributed by atoms with Gasteiger partial charge in [-0.1, -0.05) is 36.4 Å². The van der Waals surface area contributed by atoms with Crippen molar-refractivity contribution in [3.63, 3.8) is 0 Å². The minimum Gasteiger partial charge on any atom is -0.349 e. The first kappa shape index (κ1) is 15.3. The smallest absolute Gasteiger partial charge is 0.220 e. The Bertz CT molecular complexity index is 838. The molecule has 1 aromatic heterocycles. The monoisotopic (exact) mass is 336 g/mol. The highest BCUT2D eigenvalue weighted by Gasteiger charge is 2.23. The molecular formula is C20H20N2OS. The molecule has 0 saturated carbocycles. The molecule has 1 amide bonds. The summed E-state index contributed by atoms with van der Waals surface area (Å²) >= 11 is 1.73. The first-order valence-corrected chi connectivity index (χ1v) is 9.33. The van der Waals surface area contributed by atoms with Crippen LogP contribution in [0.2, 0.25) is 0 Å². The average Bonchev–Trinajstić information content (AvgIpc) is 3.19. The van der Waals surface area contributed by atoms with E-state index in [9.17, 15) is 4.79 Å². The Morgan fingerprint density at radius 2 is 2.00 bits per heavy atom. The summed E-state index contributed by atoms with van der Waals surface area (Å²) in [6.45, 7) is 0. The van der Waals surface area contributed by atoms with Crippen molar-refractivity contribution in [2.75, 3.05) is 0 Å². The number of benzene rings is 2. The Morgan fingerprint density at radius 1 is 1.17 bits per heavy atom. The molecule has 122 valence electrons. The van der Waals surface area contributed by atoms with Gasteiger partial charge in [-0.2, -0.15) is 0 Å². The number of hydrogen-bond acceptors (Lipinski definition) is 3. The van der Waals surface area contributed by atoms with Gasteiger partial charge in [0.25, 0.3) is 0 Å². The lowest BCUT2D eigenvalue weighted by atomic mass is 10.1. The molecule has 24 heavy (non-hydrogen) atoms. The molecule has 0 fully saturated rings. The fourth-order valence-corrected chi connectivity index (χ4v) is 4.41. The van der Waals surface area contributed by atoms with Crippen molar-refractivity contribution in [3.05, 3.63) is 64.7 Å². The summed E-state index contributed by atoms with van der Waals surface area (Å²) in [5.41, 5.74) is 3.72. The molecule has 0 aliphatic heterocycles. The first-order valence-electron chi connectivity index (χ1n) is 8.51. The van der Waals surface area contributed by atoms with E-state index in [1.165, 1.54) is 15.8 Å². The molecule has 1 aliphatic carbocycles. The molecule has 4 rings (SSSR count). The highest BCUT2D eigenvalue weighted by Crippen LogP contribution is 2.30. The third kappa shape index (κ3) is 3.20. The third-order valence-electron chi connectivity index (χ3n) is 4.60. The van der Waals surface area contributed by atoms with E-state index in [0.717, 1.165) is 36.2 Å². The zero-order valence-electron chi connectivity index (χ0n) is 13.5. The molecule has 3 nitrogen and oxygen atoms in total. The van der Waals surface area contributed by atoms with E-state index >= 15 is 0 Å². The number of aromatic nitrogens is 1. The fraction of sp³-hybridized carbons (Fsp3) is 0.300. The van der Waals surface area contributed by atoms with E-state index in [4.69, 9.17) is 0 Å². The van der Waals surface area contributed by atoms with Gasteiger partial charge in [0.1, 0.15) is 0 Å². The van der Waals surface area contributed by atoms with Crippen LogP contribution in [0.1, 0.15) is 41.4 Å². The van der Waals surface area contributed by atoms with Crippen molar-refractivity contribution >= 4 is 27.5 Å². The normalized spacial score (nSPS) is 16.2. The molecule has 2 aromatic carbocycles. The number of fused-ring (bicyclic) bond motifs is 2. The first-order chi connectivity index (χ1) is 11.8. The third-order valence-corrected chi connectivity index (χ3v) is 5.70. The van der Waals surface area contributed by atoms with Gasteiger partial charge in [0, 0.05) is 6.42 Å². The predicted molar refractivity (Wildman–Crippen MR) is 98.2 cm³/mol. The summed E-state index contributed by atoms with van der Waals surface area (Å²) in [6.07, 6.45) is 4.36. The summed E-state index contributed by atoms with van der Waals surface area (Å²) in [5.74, 6) is 0.151. The van der Waals surface area contributed by atoms with Crippen LogP contribution in [-0.4, -0.2) is 10.9 Å². The maximum Gasteiger partial charge on any atom is 0.220 e. The summed E-state index contributed by atoms with van der Waals surface area (Å²) < 4.78 is 1.22. The van der Waals surface area contributed by atoms with Gasteiger partial charge in [0.2, 0.25) is 5.91 Å². The lowest BCUT2D eigenvalue weighted by Crippen LogP contribution is -2.26. The van der Waals surface area contributed by atoms with Gasteiger partial charge in [-0.15, -0.1) is 11.3 Å². The molecule has 1 N–H and O–H groups in total. The number of carbonyl (C=O) groups excluding carboxylic acids is 1. The molecule has 1 aliphatic rings. The van der Waals surface area contributed by atoms with Crippen LogP contribution in [0, 0.1) is 0 Å². The van der Waals surface area contributed by atoms with Crippen LogP contribution in [0.4, 0.5) is 0 Å². The maximum atomic E-state index is 12.2. The number of carbonyl (C=O) groups is 1. The summed E-state index contributed by atoms with van der Waals surface area (Å²) in [6, 6.07) is 16.8. The quantitative estimate of drug-likeness (QED) is 0.749. The predicted octanol–water partition coefficient (Wildman–Crippen LogP) is 4.42. The molecule has 0 saturated heterocycles. The van der Waals surface area contributed by atoms with Gasteiger partial charge in [-0.25, -0.2) is 4.98 Å². The van der Waals surface area contributed by atoms with Gasteiger partial charge in [-0.05, 0) is 48.9 Å². The molecule has 4 heteroatoms. The van der Waals surface area contributed by atoms with Crippen molar-refractivity contribution in [2.45, 2.75) is 38.1 Å². The molecule has 0 bridgehead atoms. The second kappa shape index (κ2) is 6.73. The van der Waals surface area contributed by atoms with Crippen LogP contribution >= 0.6 is 11.3 Å². The van der Waals surface area contributed by atoms with Gasteiger partial charge >= 0.3 is 0 Å². The SMILES string of the molecule is O=C(CCCc1nc2ccccc2s1)NC1CCc2ccccc21. The van der Waals surface area contributed by atoms with Crippen LogP contribution in [0.25, 0.3) is 10.2 Å². The van der Waals surface area contributed by atoms with Crippen LogP contribution in [0.3, 0.4) is 0 Å². The molecule has 1 heterocycles. The molecule has 1 unspecified atom stereocenters. The van der Waals surface area contributed by atoms with Crippen molar-refractivity contribution in [2.24, 2.45) is 0 Å². The van der Waals surface area contributed by atoms with Gasteiger partial charge < -0.3 is 5.32 Å². The lowest BCUT2D eigenvalue weighted by Gasteiger charge is -2.13. The molecule has 0 radical (unpaired) electrons. The van der Waals surface area contributed by atoms with Crippen molar-refractivity contribution in [1.29, 1.82) is 0 Å². The van der Waals surface area contributed by atoms with Gasteiger partial charge in [0.05, 0.1) is 21.3 Å². The van der Waals surface area contributed by atoms with Crippen LogP contribution in [-0.2, 0) is 17.6 Å². The highest BCUT2D eigenvalue weighted by atomic mass is 32.1. The Balaban J connectivity index is 1.29. The van der Waals surface area contributed by atoms with E-state index in [1.807, 2.05) is 18.2 Å². The second-order valence-electron chi connectivity index (χ2n) is 6.29. The maximum absolute atomic E-state index is 12.2. The van der Waals surface area contributed by atoms with E-state index in [-0.39, 0.29) is 11.9 Å². The summed E-state index contributed by atoms with van der Waals surface area (Å²) in [4.78, 5) is 16.9. The summed E-state index contributed by atoms with van der Waals surface area (Å²) in [7, 11) is 0. The average molecular weight is 336 g/mol.